The number of likely N-dealkylation sites (tertiary alicyclic amines) is 1. The summed E-state index contributed by atoms with van der Waals surface area (Å²) in [6.07, 6.45) is -0.0800. The van der Waals surface area contributed by atoms with Crippen LogP contribution in [0.5, 0.6) is 0 Å². The molecule has 29 heavy (non-hydrogen) atoms. The summed E-state index contributed by atoms with van der Waals surface area (Å²) in [5, 5.41) is 4.20. The molecule has 0 radical (unpaired) electrons. The fraction of sp³-hybridized carbons (Fsp3) is 0.286. The van der Waals surface area contributed by atoms with E-state index in [9.17, 15) is 13.6 Å². The van der Waals surface area contributed by atoms with Crippen molar-refractivity contribution in [1.29, 1.82) is 0 Å². The maximum Gasteiger partial charge on any atom is 0.320 e. The Morgan fingerprint density at radius 2 is 1.93 bits per heavy atom. The second kappa shape index (κ2) is 7.98. The van der Waals surface area contributed by atoms with E-state index in [0.717, 1.165) is 10.1 Å². The van der Waals surface area contributed by atoms with Crippen LogP contribution in [0.4, 0.5) is 8.78 Å². The SMILES string of the molecule is CN1CCC(O/N=C(\Cc2nc3ccccc3n2C(F)F)c2ccccc2)C1=O. The van der Waals surface area contributed by atoms with Crippen LogP contribution in [0.25, 0.3) is 11.0 Å². The number of carbonyl (C=O) groups excluding carboxylic acids is 1. The fourth-order valence-corrected chi connectivity index (χ4v) is 3.42. The molecule has 0 aliphatic carbocycles. The van der Waals surface area contributed by atoms with Crippen molar-refractivity contribution in [1.82, 2.24) is 14.5 Å². The summed E-state index contributed by atoms with van der Waals surface area (Å²) in [6, 6.07) is 15.9. The molecule has 6 nitrogen and oxygen atoms in total. The van der Waals surface area contributed by atoms with Gasteiger partial charge in [-0.15, -0.1) is 0 Å². The second-order valence-electron chi connectivity index (χ2n) is 6.89. The average molecular weight is 398 g/mol. The highest BCUT2D eigenvalue weighted by atomic mass is 19.3. The third kappa shape index (κ3) is 3.83. The third-order valence-electron chi connectivity index (χ3n) is 4.97. The van der Waals surface area contributed by atoms with Gasteiger partial charge in [0.2, 0.25) is 6.10 Å². The van der Waals surface area contributed by atoms with E-state index in [0.29, 0.717) is 29.7 Å². The van der Waals surface area contributed by atoms with Crippen LogP contribution < -0.4 is 0 Å². The summed E-state index contributed by atoms with van der Waals surface area (Å²) in [7, 11) is 1.71. The molecule has 0 N–H and O–H groups in total. The molecule has 0 saturated carbocycles. The minimum atomic E-state index is -2.74. The first-order chi connectivity index (χ1) is 14.0. The quantitative estimate of drug-likeness (QED) is 0.471. The lowest BCUT2D eigenvalue weighted by atomic mass is 10.1. The highest BCUT2D eigenvalue weighted by Gasteiger charge is 2.31. The largest absolute Gasteiger partial charge is 0.382 e. The molecular formula is C21H20F2N4O2. The monoisotopic (exact) mass is 398 g/mol. The second-order valence-corrected chi connectivity index (χ2v) is 6.89. The Hall–Kier alpha value is -3.29. The molecule has 2 heterocycles. The van der Waals surface area contributed by atoms with Crippen molar-refractivity contribution in [3.63, 3.8) is 0 Å². The molecule has 1 fully saturated rings. The molecule has 3 aromatic rings. The van der Waals surface area contributed by atoms with Crippen molar-refractivity contribution in [2.75, 3.05) is 13.6 Å². The number of fused-ring (bicyclic) bond motifs is 1. The zero-order chi connectivity index (χ0) is 20.4. The van der Waals surface area contributed by atoms with Crippen LogP contribution in [0, 0.1) is 0 Å². The Balaban J connectivity index is 1.69. The van der Waals surface area contributed by atoms with Gasteiger partial charge >= 0.3 is 6.55 Å². The first-order valence-corrected chi connectivity index (χ1v) is 9.31. The first-order valence-electron chi connectivity index (χ1n) is 9.31. The molecule has 1 amide bonds. The molecule has 4 rings (SSSR count). The Labute approximate surface area is 166 Å². The molecule has 150 valence electrons. The van der Waals surface area contributed by atoms with Crippen molar-refractivity contribution < 1.29 is 18.4 Å². The lowest BCUT2D eigenvalue weighted by Gasteiger charge is -2.12. The van der Waals surface area contributed by atoms with Crippen molar-refractivity contribution in [2.24, 2.45) is 5.16 Å². The number of nitrogens with zero attached hydrogens (tertiary/aromatic N) is 4. The molecule has 0 bridgehead atoms. The van der Waals surface area contributed by atoms with Gasteiger partial charge in [-0.3, -0.25) is 9.36 Å². The number of para-hydroxylation sites is 2. The number of likely N-dealkylation sites (N-methyl/N-ethyl adjacent to an activating group) is 1. The lowest BCUT2D eigenvalue weighted by molar-refractivity contribution is -0.136. The van der Waals surface area contributed by atoms with Gasteiger partial charge in [-0.25, -0.2) is 4.98 Å². The Morgan fingerprint density at radius 3 is 2.62 bits per heavy atom. The van der Waals surface area contributed by atoms with E-state index in [2.05, 4.69) is 10.1 Å². The first kappa shape index (κ1) is 19.0. The van der Waals surface area contributed by atoms with Crippen LogP contribution in [-0.4, -0.2) is 45.8 Å². The van der Waals surface area contributed by atoms with Crippen molar-refractivity contribution in [2.45, 2.75) is 25.5 Å². The summed E-state index contributed by atoms with van der Waals surface area (Å²) < 4.78 is 28.4. The fourth-order valence-electron chi connectivity index (χ4n) is 3.42. The molecule has 0 spiro atoms. The van der Waals surface area contributed by atoms with Crippen molar-refractivity contribution in [3.8, 4) is 0 Å². The van der Waals surface area contributed by atoms with E-state index in [1.807, 2.05) is 30.3 Å². The van der Waals surface area contributed by atoms with E-state index in [1.165, 1.54) is 0 Å². The lowest BCUT2D eigenvalue weighted by Crippen LogP contribution is -2.26. The number of alkyl halides is 2. The van der Waals surface area contributed by atoms with Crippen LogP contribution in [0.2, 0.25) is 0 Å². The number of hydrogen-bond acceptors (Lipinski definition) is 4. The number of hydrogen-bond donors (Lipinski definition) is 0. The van der Waals surface area contributed by atoms with Gasteiger partial charge in [0, 0.05) is 20.0 Å². The molecule has 8 heteroatoms. The number of carbonyl (C=O) groups is 1. The summed E-state index contributed by atoms with van der Waals surface area (Å²) in [5.74, 6) is 0.0447. The van der Waals surface area contributed by atoms with Gasteiger partial charge in [0.1, 0.15) is 5.82 Å². The van der Waals surface area contributed by atoms with E-state index in [-0.39, 0.29) is 18.2 Å². The summed E-state index contributed by atoms with van der Waals surface area (Å²) in [4.78, 5) is 23.6. The van der Waals surface area contributed by atoms with Crippen LogP contribution in [-0.2, 0) is 16.1 Å². The highest BCUT2D eigenvalue weighted by Crippen LogP contribution is 2.24. The third-order valence-corrected chi connectivity index (χ3v) is 4.97. The smallest absolute Gasteiger partial charge is 0.320 e. The summed E-state index contributed by atoms with van der Waals surface area (Å²) in [6.45, 7) is -2.14. The van der Waals surface area contributed by atoms with Gasteiger partial charge in [-0.2, -0.15) is 8.78 Å². The number of aromatic nitrogens is 2. The minimum Gasteiger partial charge on any atom is -0.382 e. The minimum absolute atomic E-state index is 0.0415. The maximum atomic E-state index is 13.8. The van der Waals surface area contributed by atoms with Gasteiger partial charge in [-0.05, 0) is 17.7 Å². The van der Waals surface area contributed by atoms with Gasteiger partial charge < -0.3 is 9.74 Å². The number of imidazole rings is 1. The van der Waals surface area contributed by atoms with Crippen LogP contribution in [0.15, 0.2) is 59.8 Å². The molecule has 2 aromatic carbocycles. The van der Waals surface area contributed by atoms with E-state index < -0.39 is 12.7 Å². The van der Waals surface area contributed by atoms with Gasteiger partial charge in [0.25, 0.3) is 5.91 Å². The number of halogens is 2. The Bertz CT molecular complexity index is 1050. The van der Waals surface area contributed by atoms with Gasteiger partial charge in [0.05, 0.1) is 23.2 Å². The van der Waals surface area contributed by atoms with Gasteiger partial charge in [0.15, 0.2) is 0 Å². The topological polar surface area (TPSA) is 59.7 Å². The highest BCUT2D eigenvalue weighted by molar-refractivity contribution is 6.01. The number of oxime groups is 1. The Morgan fingerprint density at radius 1 is 1.21 bits per heavy atom. The number of rotatable bonds is 6. The maximum absolute atomic E-state index is 13.8. The number of amides is 1. The molecule has 1 aliphatic heterocycles. The van der Waals surface area contributed by atoms with E-state index >= 15 is 0 Å². The molecule has 1 unspecified atom stereocenters. The van der Waals surface area contributed by atoms with E-state index in [4.69, 9.17) is 4.84 Å². The summed E-state index contributed by atoms with van der Waals surface area (Å²) in [5.41, 5.74) is 2.01. The number of benzene rings is 2. The molecule has 1 saturated heterocycles. The summed E-state index contributed by atoms with van der Waals surface area (Å²) >= 11 is 0. The van der Waals surface area contributed by atoms with Crippen molar-refractivity contribution >= 4 is 22.7 Å². The molecule has 1 aliphatic rings. The van der Waals surface area contributed by atoms with Crippen LogP contribution in [0.1, 0.15) is 24.4 Å². The molecule has 1 atom stereocenters. The molecular weight excluding hydrogens is 378 g/mol. The average Bonchev–Trinajstić information content (AvgIpc) is 3.25. The predicted octanol–water partition coefficient (Wildman–Crippen LogP) is 3.63. The standard InChI is InChI=1S/C21H20F2N4O2/c1-26-12-11-18(20(26)28)29-25-16(14-7-3-2-4-8-14)13-19-24-15-9-5-6-10-17(15)27(19)21(22)23/h2-10,18,21H,11-13H2,1H3/b25-16+. The van der Waals surface area contributed by atoms with Crippen molar-refractivity contribution in [3.05, 3.63) is 66.0 Å². The normalized spacial score (nSPS) is 17.5. The Kier molecular flexibility index (Phi) is 5.24. The molecule has 1 aromatic heterocycles. The van der Waals surface area contributed by atoms with Gasteiger partial charge in [-0.1, -0.05) is 47.6 Å². The van der Waals surface area contributed by atoms with Crippen LogP contribution >= 0.6 is 0 Å². The zero-order valence-corrected chi connectivity index (χ0v) is 15.8. The zero-order valence-electron chi connectivity index (χ0n) is 15.8. The predicted molar refractivity (Wildman–Crippen MR) is 105 cm³/mol. The van der Waals surface area contributed by atoms with Crippen LogP contribution in [0.3, 0.4) is 0 Å². The van der Waals surface area contributed by atoms with E-state index in [1.54, 1.807) is 36.2 Å².